The quantitative estimate of drug-likeness (QED) is 0.835. The summed E-state index contributed by atoms with van der Waals surface area (Å²) in [6.45, 7) is 2.22. The molecule has 4 heteroatoms. The second kappa shape index (κ2) is 7.82. The summed E-state index contributed by atoms with van der Waals surface area (Å²) >= 11 is 0. The van der Waals surface area contributed by atoms with Crippen LogP contribution in [0.25, 0.3) is 0 Å². The molecule has 1 atom stereocenters. The molecule has 1 saturated carbocycles. The Hall–Kier alpha value is -1.55. The van der Waals surface area contributed by atoms with E-state index in [0.717, 1.165) is 50.1 Å². The van der Waals surface area contributed by atoms with Crippen molar-refractivity contribution in [2.45, 2.75) is 51.2 Å². The van der Waals surface area contributed by atoms with Gasteiger partial charge in [0.1, 0.15) is 5.75 Å². The molecule has 0 spiro atoms. The average molecular weight is 317 g/mol. The highest BCUT2D eigenvalue weighted by atomic mass is 16.5. The van der Waals surface area contributed by atoms with Crippen LogP contribution in [0.1, 0.15) is 44.1 Å². The van der Waals surface area contributed by atoms with Gasteiger partial charge in [-0.3, -0.25) is 4.79 Å². The zero-order chi connectivity index (χ0) is 16.1. The van der Waals surface area contributed by atoms with E-state index >= 15 is 0 Å². The number of carbonyl (C=O) groups is 1. The van der Waals surface area contributed by atoms with E-state index in [-0.39, 0.29) is 12.0 Å². The zero-order valence-electron chi connectivity index (χ0n) is 14.0. The molecule has 126 valence electrons. The summed E-state index contributed by atoms with van der Waals surface area (Å²) in [5.74, 6) is 1.48. The van der Waals surface area contributed by atoms with Gasteiger partial charge in [-0.1, -0.05) is 25.0 Å². The number of amides is 1. The van der Waals surface area contributed by atoms with Crippen LogP contribution in [0.2, 0.25) is 0 Å². The molecule has 0 aromatic heterocycles. The summed E-state index contributed by atoms with van der Waals surface area (Å²) in [5.41, 5.74) is 1.11. The Bertz CT molecular complexity index is 525. The highest BCUT2D eigenvalue weighted by Crippen LogP contribution is 2.28. The molecule has 0 radical (unpaired) electrons. The van der Waals surface area contributed by atoms with Crippen molar-refractivity contribution in [2.24, 2.45) is 5.92 Å². The average Bonchev–Trinajstić information content (AvgIpc) is 3.14. The van der Waals surface area contributed by atoms with E-state index in [1.165, 1.54) is 12.8 Å². The van der Waals surface area contributed by atoms with Crippen LogP contribution in [0, 0.1) is 5.92 Å². The molecule has 1 heterocycles. The van der Waals surface area contributed by atoms with E-state index in [9.17, 15) is 4.79 Å². The minimum atomic E-state index is 0.153. The third-order valence-corrected chi connectivity index (χ3v) is 5.01. The number of hydrogen-bond acceptors (Lipinski definition) is 3. The van der Waals surface area contributed by atoms with E-state index in [4.69, 9.17) is 9.47 Å². The lowest BCUT2D eigenvalue weighted by Crippen LogP contribution is -2.45. The number of hydrogen-bond donors (Lipinski definition) is 0. The van der Waals surface area contributed by atoms with Crippen molar-refractivity contribution in [3.63, 3.8) is 0 Å². The monoisotopic (exact) mass is 317 g/mol. The molecule has 0 bridgehead atoms. The van der Waals surface area contributed by atoms with E-state index < -0.39 is 0 Å². The van der Waals surface area contributed by atoms with Crippen molar-refractivity contribution >= 4 is 5.91 Å². The molecule has 1 aromatic carbocycles. The van der Waals surface area contributed by atoms with Crippen molar-refractivity contribution in [1.82, 2.24) is 4.90 Å². The fraction of sp³-hybridized carbons (Fsp3) is 0.632. The summed E-state index contributed by atoms with van der Waals surface area (Å²) in [6, 6.07) is 7.97. The van der Waals surface area contributed by atoms with Crippen LogP contribution in [0.4, 0.5) is 0 Å². The van der Waals surface area contributed by atoms with Crippen LogP contribution >= 0.6 is 0 Å². The lowest BCUT2D eigenvalue weighted by Gasteiger charge is -2.34. The molecule has 1 aliphatic heterocycles. The van der Waals surface area contributed by atoms with Crippen LogP contribution < -0.4 is 4.74 Å². The predicted molar refractivity (Wildman–Crippen MR) is 89.3 cm³/mol. The van der Waals surface area contributed by atoms with Crippen molar-refractivity contribution in [2.75, 3.05) is 20.2 Å². The number of benzene rings is 1. The van der Waals surface area contributed by atoms with Gasteiger partial charge in [-0.25, -0.2) is 0 Å². The fourth-order valence-corrected chi connectivity index (χ4v) is 3.68. The first-order valence-electron chi connectivity index (χ1n) is 8.79. The van der Waals surface area contributed by atoms with Gasteiger partial charge in [-0.05, 0) is 43.4 Å². The van der Waals surface area contributed by atoms with E-state index in [2.05, 4.69) is 0 Å². The van der Waals surface area contributed by atoms with Gasteiger partial charge >= 0.3 is 0 Å². The van der Waals surface area contributed by atoms with E-state index in [0.29, 0.717) is 12.5 Å². The van der Waals surface area contributed by atoms with Gasteiger partial charge in [0.05, 0.1) is 19.8 Å². The maximum absolute atomic E-state index is 12.6. The Morgan fingerprint density at radius 2 is 2.04 bits per heavy atom. The summed E-state index contributed by atoms with van der Waals surface area (Å²) < 4.78 is 11.3. The number of ether oxygens (including phenoxy) is 2. The normalized spacial score (nSPS) is 22.3. The molecule has 1 aromatic rings. The lowest BCUT2D eigenvalue weighted by atomic mass is 10.0. The maximum atomic E-state index is 12.6. The zero-order valence-corrected chi connectivity index (χ0v) is 14.0. The van der Waals surface area contributed by atoms with Crippen molar-refractivity contribution in [3.05, 3.63) is 29.8 Å². The molecule has 2 fully saturated rings. The molecular weight excluding hydrogens is 290 g/mol. The molecule has 4 nitrogen and oxygen atoms in total. The summed E-state index contributed by atoms with van der Waals surface area (Å²) in [6.07, 6.45) is 6.80. The molecule has 0 unspecified atom stereocenters. The fourth-order valence-electron chi connectivity index (χ4n) is 3.68. The Balaban J connectivity index is 1.51. The molecule has 1 aliphatic carbocycles. The molecule has 2 aliphatic rings. The number of methoxy groups -OCH3 is 1. The number of nitrogens with zero attached hydrogens (tertiary/aromatic N) is 1. The second-order valence-electron chi connectivity index (χ2n) is 6.69. The Labute approximate surface area is 138 Å². The number of likely N-dealkylation sites (tertiary alicyclic amines) is 1. The summed E-state index contributed by atoms with van der Waals surface area (Å²) in [4.78, 5) is 14.6. The highest BCUT2D eigenvalue weighted by molar-refractivity contribution is 5.79. The third kappa shape index (κ3) is 4.25. The van der Waals surface area contributed by atoms with Crippen LogP contribution in [0.3, 0.4) is 0 Å². The molecule has 1 saturated heterocycles. The summed E-state index contributed by atoms with van der Waals surface area (Å²) in [7, 11) is 1.67. The van der Waals surface area contributed by atoms with Crippen LogP contribution in [-0.4, -0.2) is 37.1 Å². The van der Waals surface area contributed by atoms with Crippen LogP contribution in [0.5, 0.6) is 5.75 Å². The van der Waals surface area contributed by atoms with Crippen LogP contribution in [0.15, 0.2) is 24.3 Å². The van der Waals surface area contributed by atoms with Crippen molar-refractivity contribution in [3.8, 4) is 5.75 Å². The predicted octanol–water partition coefficient (Wildman–Crippen LogP) is 3.39. The molecule has 1 amide bonds. The van der Waals surface area contributed by atoms with Crippen molar-refractivity contribution in [1.29, 1.82) is 0 Å². The third-order valence-electron chi connectivity index (χ3n) is 5.01. The second-order valence-corrected chi connectivity index (χ2v) is 6.69. The standard InChI is InChI=1S/C19H27NO3/c1-22-17-9-4-6-15(12-17)14-23-18-10-5-11-20(13-18)19(21)16-7-2-3-8-16/h4,6,9,12,16,18H,2-3,5,7-8,10-11,13-14H2,1H3/t18-/m1/s1. The smallest absolute Gasteiger partial charge is 0.225 e. The molecule has 23 heavy (non-hydrogen) atoms. The number of rotatable bonds is 5. The Morgan fingerprint density at radius 1 is 1.22 bits per heavy atom. The van der Waals surface area contributed by atoms with Crippen molar-refractivity contribution < 1.29 is 14.3 Å². The van der Waals surface area contributed by atoms with Gasteiger partial charge in [0.2, 0.25) is 5.91 Å². The van der Waals surface area contributed by atoms with Gasteiger partial charge in [0.15, 0.2) is 0 Å². The number of piperidine rings is 1. The minimum absolute atomic E-state index is 0.153. The van der Waals surface area contributed by atoms with Gasteiger partial charge in [0, 0.05) is 19.0 Å². The van der Waals surface area contributed by atoms with E-state index in [1.54, 1.807) is 7.11 Å². The SMILES string of the molecule is COc1cccc(CO[C@@H]2CCCN(C(=O)C3CCCC3)C2)c1. The van der Waals surface area contributed by atoms with Gasteiger partial charge in [-0.2, -0.15) is 0 Å². The molecule has 0 N–H and O–H groups in total. The number of carbonyl (C=O) groups excluding carboxylic acids is 1. The first kappa shape index (κ1) is 16.3. The van der Waals surface area contributed by atoms with E-state index in [1.807, 2.05) is 29.2 Å². The topological polar surface area (TPSA) is 38.8 Å². The summed E-state index contributed by atoms with van der Waals surface area (Å²) in [5, 5.41) is 0. The molecule has 3 rings (SSSR count). The van der Waals surface area contributed by atoms with Crippen LogP contribution in [-0.2, 0) is 16.1 Å². The first-order chi connectivity index (χ1) is 11.3. The lowest BCUT2D eigenvalue weighted by molar-refractivity contribution is -0.139. The van der Waals surface area contributed by atoms with Gasteiger partial charge in [0.25, 0.3) is 0 Å². The molecular formula is C19H27NO3. The Morgan fingerprint density at radius 3 is 2.83 bits per heavy atom. The minimum Gasteiger partial charge on any atom is -0.497 e. The van der Waals surface area contributed by atoms with Gasteiger partial charge < -0.3 is 14.4 Å². The van der Waals surface area contributed by atoms with Gasteiger partial charge in [-0.15, -0.1) is 0 Å². The Kier molecular flexibility index (Phi) is 5.55. The highest BCUT2D eigenvalue weighted by Gasteiger charge is 2.30. The maximum Gasteiger partial charge on any atom is 0.225 e. The largest absolute Gasteiger partial charge is 0.497 e. The first-order valence-corrected chi connectivity index (χ1v) is 8.79.